The lowest BCUT2D eigenvalue weighted by atomic mass is 9.85. The monoisotopic (exact) mass is 467 g/mol. The van der Waals surface area contributed by atoms with Crippen molar-refractivity contribution in [2.24, 2.45) is 7.05 Å². The van der Waals surface area contributed by atoms with Crippen LogP contribution in [0.4, 0.5) is 0 Å². The van der Waals surface area contributed by atoms with Gasteiger partial charge in [0.1, 0.15) is 12.8 Å². The number of nitrogens with one attached hydrogen (secondary N) is 1. The Morgan fingerprint density at radius 1 is 0.941 bits per heavy atom. The van der Waals surface area contributed by atoms with E-state index in [0.29, 0.717) is 12.1 Å². The van der Waals surface area contributed by atoms with E-state index in [2.05, 4.69) is 33.0 Å². The first-order valence-corrected chi connectivity index (χ1v) is 13.3. The van der Waals surface area contributed by atoms with Gasteiger partial charge in [0.05, 0.1) is 6.61 Å². The van der Waals surface area contributed by atoms with Crippen LogP contribution in [0.2, 0.25) is 0 Å². The zero-order valence-electron chi connectivity index (χ0n) is 22.3. The van der Waals surface area contributed by atoms with Crippen molar-refractivity contribution in [1.29, 1.82) is 0 Å². The average Bonchev–Trinajstić information content (AvgIpc) is 2.80. The van der Waals surface area contributed by atoms with E-state index in [1.807, 2.05) is 54.3 Å². The lowest BCUT2D eigenvalue weighted by molar-refractivity contribution is -0.671. The predicted molar refractivity (Wildman–Crippen MR) is 141 cm³/mol. The molecule has 1 aromatic heterocycles. The maximum Gasteiger partial charge on any atom is 0.251 e. The number of aryl methyl sites for hydroxylation is 1. The largest absolute Gasteiger partial charge is 0.493 e. The first-order chi connectivity index (χ1) is 16.3. The third-order valence-electron chi connectivity index (χ3n) is 6.26. The van der Waals surface area contributed by atoms with Gasteiger partial charge in [-0.15, -0.1) is 0 Å². The maximum atomic E-state index is 12.8. The molecular formula is C30H47N2O2+. The van der Waals surface area contributed by atoms with Gasteiger partial charge in [-0.05, 0) is 36.1 Å². The fourth-order valence-corrected chi connectivity index (χ4v) is 4.19. The number of carbonyl (C=O) groups excluding carboxylic acids is 1. The number of hydrogen-bond donors (Lipinski definition) is 1. The summed E-state index contributed by atoms with van der Waals surface area (Å²) in [6.45, 7) is 10.0. The van der Waals surface area contributed by atoms with E-state index in [4.69, 9.17) is 4.74 Å². The summed E-state index contributed by atoms with van der Waals surface area (Å²) in [5.41, 5.74) is 2.73. The second-order valence-electron chi connectivity index (χ2n) is 10.6. The van der Waals surface area contributed by atoms with Crippen molar-refractivity contribution in [2.45, 2.75) is 104 Å². The molecule has 4 heteroatoms. The normalized spacial score (nSPS) is 11.4. The molecular weight excluding hydrogens is 420 g/mol. The number of pyridine rings is 1. The van der Waals surface area contributed by atoms with E-state index in [-0.39, 0.29) is 11.3 Å². The number of hydrogen-bond acceptors (Lipinski definition) is 2. The van der Waals surface area contributed by atoms with Crippen LogP contribution < -0.4 is 14.6 Å². The van der Waals surface area contributed by atoms with E-state index in [9.17, 15) is 4.79 Å². The predicted octanol–water partition coefficient (Wildman–Crippen LogP) is 7.04. The summed E-state index contributed by atoms with van der Waals surface area (Å²) < 4.78 is 8.16. The van der Waals surface area contributed by atoms with Gasteiger partial charge in [-0.2, -0.15) is 0 Å². The smallest absolute Gasteiger partial charge is 0.251 e. The molecule has 0 aliphatic carbocycles. The molecule has 0 radical (unpaired) electrons. The van der Waals surface area contributed by atoms with Crippen LogP contribution in [0.5, 0.6) is 5.75 Å². The van der Waals surface area contributed by atoms with Crippen LogP contribution in [-0.2, 0) is 19.0 Å². The lowest BCUT2D eigenvalue weighted by Crippen LogP contribution is -2.29. The highest BCUT2D eigenvalue weighted by Crippen LogP contribution is 2.32. The molecule has 1 heterocycles. The molecule has 1 aromatic carbocycles. The summed E-state index contributed by atoms with van der Waals surface area (Å²) in [4.78, 5) is 12.8. The molecule has 1 amide bonds. The van der Waals surface area contributed by atoms with Gasteiger partial charge in [0.15, 0.2) is 12.4 Å². The summed E-state index contributed by atoms with van der Waals surface area (Å²) in [5.74, 6) is 0.841. The zero-order chi connectivity index (χ0) is 24.8. The highest BCUT2D eigenvalue weighted by Gasteiger charge is 2.21. The van der Waals surface area contributed by atoms with Gasteiger partial charge in [-0.25, -0.2) is 4.57 Å². The van der Waals surface area contributed by atoms with E-state index >= 15 is 0 Å². The summed E-state index contributed by atoms with van der Waals surface area (Å²) >= 11 is 0. The molecule has 2 rings (SSSR count). The molecule has 0 atom stereocenters. The van der Waals surface area contributed by atoms with Crippen molar-refractivity contribution in [3.05, 3.63) is 59.4 Å². The summed E-state index contributed by atoms with van der Waals surface area (Å²) in [6, 6.07) is 9.84. The molecule has 0 fully saturated rings. The van der Waals surface area contributed by atoms with Gasteiger partial charge in [0.2, 0.25) is 0 Å². The van der Waals surface area contributed by atoms with Gasteiger partial charge >= 0.3 is 0 Å². The van der Waals surface area contributed by atoms with E-state index in [1.54, 1.807) is 0 Å². The quantitative estimate of drug-likeness (QED) is 0.225. The van der Waals surface area contributed by atoms with Gasteiger partial charge in [-0.3, -0.25) is 4.79 Å². The minimum Gasteiger partial charge on any atom is -0.493 e. The summed E-state index contributed by atoms with van der Waals surface area (Å²) in [6.07, 6.45) is 17.2. The molecule has 34 heavy (non-hydrogen) atoms. The van der Waals surface area contributed by atoms with E-state index in [1.165, 1.54) is 57.8 Å². The van der Waals surface area contributed by atoms with Crippen LogP contribution in [0, 0.1) is 0 Å². The number of unbranched alkanes of at least 4 members (excludes halogenated alkanes) is 9. The van der Waals surface area contributed by atoms with Crippen LogP contribution in [0.1, 0.15) is 113 Å². The first-order valence-electron chi connectivity index (χ1n) is 13.3. The minimum atomic E-state index is -0.101. The number of benzene rings is 1. The molecule has 0 saturated carbocycles. The SMILES string of the molecule is CCCCCCCCCCCCOc1ccc(C(=O)NCc2ccc[n+](C)c2)cc1C(C)(C)C. The van der Waals surface area contributed by atoms with Crippen molar-refractivity contribution in [1.82, 2.24) is 5.32 Å². The van der Waals surface area contributed by atoms with E-state index in [0.717, 1.165) is 29.9 Å². The van der Waals surface area contributed by atoms with Crippen molar-refractivity contribution < 1.29 is 14.1 Å². The zero-order valence-corrected chi connectivity index (χ0v) is 22.3. The number of amides is 1. The number of carbonyl (C=O) groups is 1. The third kappa shape index (κ3) is 10.3. The van der Waals surface area contributed by atoms with Crippen molar-refractivity contribution in [2.75, 3.05) is 6.61 Å². The van der Waals surface area contributed by atoms with Crippen LogP contribution >= 0.6 is 0 Å². The molecule has 1 N–H and O–H groups in total. The maximum absolute atomic E-state index is 12.8. The minimum absolute atomic E-state index is 0.0572. The number of rotatable bonds is 15. The van der Waals surface area contributed by atoms with Crippen LogP contribution in [0.15, 0.2) is 42.7 Å². The van der Waals surface area contributed by atoms with E-state index < -0.39 is 0 Å². The molecule has 0 spiro atoms. The number of nitrogens with zero attached hydrogens (tertiary/aromatic N) is 1. The molecule has 188 valence electrons. The second kappa shape index (κ2) is 14.8. The topological polar surface area (TPSA) is 42.2 Å². The molecule has 2 aromatic rings. The fraction of sp³-hybridized carbons (Fsp3) is 0.600. The summed E-state index contributed by atoms with van der Waals surface area (Å²) in [7, 11) is 1.98. The highest BCUT2D eigenvalue weighted by atomic mass is 16.5. The Bertz CT molecular complexity index is 870. The van der Waals surface area contributed by atoms with Crippen LogP contribution in [-0.4, -0.2) is 12.5 Å². The Morgan fingerprint density at radius 2 is 1.59 bits per heavy atom. The Kier molecular flexibility index (Phi) is 12.1. The standard InChI is InChI=1S/C30H46N2O2/c1-6-7-8-9-10-11-12-13-14-15-21-34-28-19-18-26(22-27(28)30(2,3)4)29(33)31-23-25-17-16-20-32(5)24-25/h16-20,22,24H,6-15,21,23H2,1-5H3/p+1. The lowest BCUT2D eigenvalue weighted by Gasteiger charge is -2.23. The van der Waals surface area contributed by atoms with Crippen LogP contribution in [0.3, 0.4) is 0 Å². The highest BCUT2D eigenvalue weighted by molar-refractivity contribution is 5.94. The average molecular weight is 468 g/mol. The molecule has 0 saturated heterocycles. The van der Waals surface area contributed by atoms with Crippen molar-refractivity contribution in [3.8, 4) is 5.75 Å². The Labute approximate surface area is 208 Å². The molecule has 4 nitrogen and oxygen atoms in total. The molecule has 0 aliphatic heterocycles. The van der Waals surface area contributed by atoms with Crippen molar-refractivity contribution >= 4 is 5.91 Å². The number of aromatic nitrogens is 1. The van der Waals surface area contributed by atoms with Gasteiger partial charge in [0, 0.05) is 29.3 Å². The van der Waals surface area contributed by atoms with Gasteiger partial charge < -0.3 is 10.1 Å². The second-order valence-corrected chi connectivity index (χ2v) is 10.6. The fourth-order valence-electron chi connectivity index (χ4n) is 4.19. The Hall–Kier alpha value is -2.36. The molecule has 0 bridgehead atoms. The van der Waals surface area contributed by atoms with Gasteiger partial charge in [-0.1, -0.05) is 85.5 Å². The molecule has 0 unspecified atom stereocenters. The third-order valence-corrected chi connectivity index (χ3v) is 6.26. The summed E-state index contributed by atoms with van der Waals surface area (Å²) in [5, 5.41) is 3.04. The molecule has 0 aliphatic rings. The number of ether oxygens (including phenoxy) is 1. The van der Waals surface area contributed by atoms with Gasteiger partial charge in [0.25, 0.3) is 5.91 Å². The Morgan fingerprint density at radius 3 is 2.21 bits per heavy atom. The van der Waals surface area contributed by atoms with Crippen molar-refractivity contribution in [3.63, 3.8) is 0 Å². The Balaban J connectivity index is 1.80. The first kappa shape index (κ1) is 27.9. The van der Waals surface area contributed by atoms with Crippen LogP contribution in [0.25, 0.3) is 0 Å².